The van der Waals surface area contributed by atoms with Crippen molar-refractivity contribution >= 4 is 5.97 Å². The third-order valence-corrected chi connectivity index (χ3v) is 1.99. The van der Waals surface area contributed by atoms with Crippen molar-refractivity contribution in [2.24, 2.45) is 5.92 Å². The van der Waals surface area contributed by atoms with E-state index < -0.39 is 12.1 Å². The Morgan fingerprint density at radius 1 is 1.82 bits per heavy atom. The van der Waals surface area contributed by atoms with Crippen LogP contribution in [0.3, 0.4) is 0 Å². The topological polar surface area (TPSA) is 46.5 Å². The predicted molar refractivity (Wildman–Crippen MR) is 39.9 cm³/mol. The molecule has 0 amide bonds. The lowest BCUT2D eigenvalue weighted by Crippen LogP contribution is -2.35. The summed E-state index contributed by atoms with van der Waals surface area (Å²) in [7, 11) is 1.28. The number of methoxy groups -OCH3 is 1. The number of hydrogen-bond donors (Lipinski definition) is 1. The van der Waals surface area contributed by atoms with E-state index in [1.165, 1.54) is 7.11 Å². The lowest BCUT2D eigenvalue weighted by molar-refractivity contribution is -0.154. The van der Waals surface area contributed by atoms with E-state index in [1.807, 2.05) is 0 Å². The van der Waals surface area contributed by atoms with Crippen molar-refractivity contribution in [3.05, 3.63) is 12.2 Å². The molecule has 0 saturated heterocycles. The van der Waals surface area contributed by atoms with Crippen molar-refractivity contribution in [3.8, 4) is 0 Å². The summed E-state index contributed by atoms with van der Waals surface area (Å²) in [6.45, 7) is 3.71. The minimum atomic E-state index is -0.953. The Labute approximate surface area is 65.7 Å². The second-order valence-electron chi connectivity index (χ2n) is 2.89. The SMILES string of the molecule is C=C1CC(C(O)C(=O)OC)C1. The van der Waals surface area contributed by atoms with Gasteiger partial charge in [-0.2, -0.15) is 0 Å². The average Bonchev–Trinajstić information content (AvgIpc) is 1.96. The lowest BCUT2D eigenvalue weighted by atomic mass is 9.77. The van der Waals surface area contributed by atoms with Gasteiger partial charge in [0.2, 0.25) is 0 Å². The van der Waals surface area contributed by atoms with Crippen molar-refractivity contribution in [1.29, 1.82) is 0 Å². The van der Waals surface area contributed by atoms with Gasteiger partial charge in [0.05, 0.1) is 7.11 Å². The van der Waals surface area contributed by atoms with Crippen LogP contribution in [0.25, 0.3) is 0 Å². The fourth-order valence-electron chi connectivity index (χ4n) is 1.22. The zero-order valence-electron chi connectivity index (χ0n) is 6.54. The van der Waals surface area contributed by atoms with E-state index >= 15 is 0 Å². The highest BCUT2D eigenvalue weighted by Gasteiger charge is 2.33. The van der Waals surface area contributed by atoms with E-state index in [2.05, 4.69) is 11.3 Å². The molecule has 0 aliphatic heterocycles. The quantitative estimate of drug-likeness (QED) is 0.467. The Kier molecular flexibility index (Phi) is 2.29. The molecule has 1 N–H and O–H groups in total. The molecule has 3 heteroatoms. The number of aliphatic hydroxyl groups excluding tert-OH is 1. The summed E-state index contributed by atoms with van der Waals surface area (Å²) in [5.41, 5.74) is 1.10. The smallest absolute Gasteiger partial charge is 0.334 e. The van der Waals surface area contributed by atoms with Crippen LogP contribution in [0, 0.1) is 5.92 Å². The number of carbonyl (C=O) groups is 1. The number of hydrogen-bond acceptors (Lipinski definition) is 3. The van der Waals surface area contributed by atoms with E-state index in [1.54, 1.807) is 0 Å². The average molecular weight is 156 g/mol. The van der Waals surface area contributed by atoms with Crippen molar-refractivity contribution in [1.82, 2.24) is 0 Å². The van der Waals surface area contributed by atoms with Crippen LogP contribution in [0.2, 0.25) is 0 Å². The fourth-order valence-corrected chi connectivity index (χ4v) is 1.22. The van der Waals surface area contributed by atoms with E-state index in [9.17, 15) is 9.90 Å². The zero-order chi connectivity index (χ0) is 8.43. The minimum absolute atomic E-state index is 0.0370. The molecule has 3 nitrogen and oxygen atoms in total. The van der Waals surface area contributed by atoms with Crippen LogP contribution in [0.1, 0.15) is 12.8 Å². The maximum atomic E-state index is 10.8. The first-order valence-electron chi connectivity index (χ1n) is 3.57. The predicted octanol–water partition coefficient (Wildman–Crippen LogP) is 0.486. The summed E-state index contributed by atoms with van der Waals surface area (Å²) in [6, 6.07) is 0. The van der Waals surface area contributed by atoms with E-state index in [0.717, 1.165) is 18.4 Å². The summed E-state index contributed by atoms with van der Waals surface area (Å²) in [5, 5.41) is 9.24. The molecule has 0 radical (unpaired) electrons. The highest BCUT2D eigenvalue weighted by Crippen LogP contribution is 2.34. The largest absolute Gasteiger partial charge is 0.467 e. The van der Waals surface area contributed by atoms with E-state index in [-0.39, 0.29) is 5.92 Å². The van der Waals surface area contributed by atoms with Crippen molar-refractivity contribution in [3.63, 3.8) is 0 Å². The molecule has 1 unspecified atom stereocenters. The van der Waals surface area contributed by atoms with Gasteiger partial charge in [0, 0.05) is 5.92 Å². The monoisotopic (exact) mass is 156 g/mol. The summed E-state index contributed by atoms with van der Waals surface area (Å²) in [4.78, 5) is 10.8. The summed E-state index contributed by atoms with van der Waals surface area (Å²) in [5.74, 6) is -0.502. The molecule has 11 heavy (non-hydrogen) atoms. The highest BCUT2D eigenvalue weighted by atomic mass is 16.5. The van der Waals surface area contributed by atoms with Gasteiger partial charge in [-0.05, 0) is 12.8 Å². The van der Waals surface area contributed by atoms with Gasteiger partial charge in [-0.1, -0.05) is 12.2 Å². The second kappa shape index (κ2) is 3.05. The van der Waals surface area contributed by atoms with Gasteiger partial charge >= 0.3 is 5.97 Å². The number of allylic oxidation sites excluding steroid dienone is 1. The van der Waals surface area contributed by atoms with Crippen molar-refractivity contribution in [2.75, 3.05) is 7.11 Å². The Balaban J connectivity index is 2.37. The Hall–Kier alpha value is -0.830. The first-order chi connectivity index (χ1) is 5.15. The molecule has 0 aromatic heterocycles. The summed E-state index contributed by atoms with van der Waals surface area (Å²) < 4.78 is 4.39. The number of aliphatic hydroxyl groups is 1. The van der Waals surface area contributed by atoms with Gasteiger partial charge in [0.15, 0.2) is 6.10 Å². The first-order valence-corrected chi connectivity index (χ1v) is 3.57. The molecule has 62 valence electrons. The molecular weight excluding hydrogens is 144 g/mol. The molecule has 0 spiro atoms. The van der Waals surface area contributed by atoms with Gasteiger partial charge in [-0.25, -0.2) is 4.79 Å². The lowest BCUT2D eigenvalue weighted by Gasteiger charge is -2.30. The fraction of sp³-hybridized carbons (Fsp3) is 0.625. The molecule has 1 saturated carbocycles. The van der Waals surface area contributed by atoms with E-state index in [0.29, 0.717) is 0 Å². The maximum Gasteiger partial charge on any atom is 0.334 e. The number of rotatable bonds is 2. The molecule has 1 atom stereocenters. The summed E-state index contributed by atoms with van der Waals surface area (Å²) in [6.07, 6.45) is 0.539. The van der Waals surface area contributed by atoms with Crippen LogP contribution in [-0.2, 0) is 9.53 Å². The molecule has 0 bridgehead atoms. The second-order valence-corrected chi connectivity index (χ2v) is 2.89. The van der Waals surface area contributed by atoms with Crippen LogP contribution in [0.4, 0.5) is 0 Å². The zero-order valence-corrected chi connectivity index (χ0v) is 6.54. The highest BCUT2D eigenvalue weighted by molar-refractivity contribution is 5.74. The molecular formula is C8H12O3. The third-order valence-electron chi connectivity index (χ3n) is 1.99. The normalized spacial score (nSPS) is 20.7. The molecule has 0 aromatic rings. The van der Waals surface area contributed by atoms with Crippen LogP contribution < -0.4 is 0 Å². The van der Waals surface area contributed by atoms with Gasteiger partial charge in [0.25, 0.3) is 0 Å². The standard InChI is InChI=1S/C8H12O3/c1-5-3-6(4-5)7(9)8(10)11-2/h6-7,9H,1,3-4H2,2H3. The van der Waals surface area contributed by atoms with Crippen molar-refractivity contribution < 1.29 is 14.6 Å². The Morgan fingerprint density at radius 2 is 2.36 bits per heavy atom. The van der Waals surface area contributed by atoms with Gasteiger partial charge in [-0.15, -0.1) is 0 Å². The molecule has 1 aliphatic rings. The number of carbonyl (C=O) groups excluding carboxylic acids is 1. The van der Waals surface area contributed by atoms with Crippen molar-refractivity contribution in [2.45, 2.75) is 18.9 Å². The molecule has 1 rings (SSSR count). The third kappa shape index (κ3) is 1.60. The van der Waals surface area contributed by atoms with Gasteiger partial charge < -0.3 is 9.84 Å². The Bertz CT molecular complexity index is 178. The molecule has 1 fully saturated rings. The van der Waals surface area contributed by atoms with Gasteiger partial charge in [0.1, 0.15) is 0 Å². The van der Waals surface area contributed by atoms with Crippen LogP contribution in [-0.4, -0.2) is 24.3 Å². The molecule has 0 aromatic carbocycles. The maximum absolute atomic E-state index is 10.8. The van der Waals surface area contributed by atoms with Crippen LogP contribution in [0.15, 0.2) is 12.2 Å². The number of esters is 1. The minimum Gasteiger partial charge on any atom is -0.467 e. The molecule has 0 heterocycles. The number of ether oxygens (including phenoxy) is 1. The van der Waals surface area contributed by atoms with E-state index in [4.69, 9.17) is 0 Å². The van der Waals surface area contributed by atoms with Gasteiger partial charge in [-0.3, -0.25) is 0 Å². The van der Waals surface area contributed by atoms with Crippen LogP contribution >= 0.6 is 0 Å². The summed E-state index contributed by atoms with van der Waals surface area (Å²) >= 11 is 0. The Morgan fingerprint density at radius 3 is 2.73 bits per heavy atom. The molecule has 1 aliphatic carbocycles. The first kappa shape index (κ1) is 8.27. The van der Waals surface area contributed by atoms with Crippen LogP contribution in [0.5, 0.6) is 0 Å².